The normalized spacial score (nSPS) is 10.6. The molecule has 1 amide bonds. The van der Waals surface area contributed by atoms with E-state index in [0.29, 0.717) is 13.1 Å². The Balaban J connectivity index is 2.89. The van der Waals surface area contributed by atoms with E-state index < -0.39 is 11.9 Å². The van der Waals surface area contributed by atoms with E-state index in [1.807, 2.05) is 27.7 Å². The summed E-state index contributed by atoms with van der Waals surface area (Å²) in [6.07, 6.45) is -0.514. The molecule has 4 heteroatoms. The second-order valence-electron chi connectivity index (χ2n) is 4.38. The van der Waals surface area contributed by atoms with E-state index >= 15 is 0 Å². The van der Waals surface area contributed by atoms with Crippen molar-refractivity contribution in [2.75, 3.05) is 13.1 Å². The highest BCUT2D eigenvalue weighted by atomic mass is 19.1. The molecule has 0 spiro atoms. The van der Waals surface area contributed by atoms with Gasteiger partial charge in [0.25, 0.3) is 0 Å². The van der Waals surface area contributed by atoms with Gasteiger partial charge in [0.05, 0.1) is 0 Å². The standard InChI is InChI=1S/C14H20FNO2/c1-5-16(6-2)14(17)18-13-9-11(10(3)4)7-8-12(13)15/h7-10H,5-6H2,1-4H3. The fourth-order valence-corrected chi connectivity index (χ4v) is 1.60. The first-order valence-electron chi connectivity index (χ1n) is 6.25. The highest BCUT2D eigenvalue weighted by molar-refractivity contribution is 5.70. The molecule has 0 aliphatic heterocycles. The lowest BCUT2D eigenvalue weighted by Crippen LogP contribution is -2.33. The summed E-state index contributed by atoms with van der Waals surface area (Å²) < 4.78 is 18.7. The zero-order chi connectivity index (χ0) is 13.7. The molecule has 0 N–H and O–H groups in total. The molecule has 0 unspecified atom stereocenters. The highest BCUT2D eigenvalue weighted by Crippen LogP contribution is 2.24. The first-order valence-corrected chi connectivity index (χ1v) is 6.25. The van der Waals surface area contributed by atoms with Crippen molar-refractivity contribution in [2.45, 2.75) is 33.6 Å². The van der Waals surface area contributed by atoms with Crippen LogP contribution in [-0.4, -0.2) is 24.1 Å². The van der Waals surface area contributed by atoms with Crippen LogP contribution in [0.3, 0.4) is 0 Å². The Morgan fingerprint density at radius 2 is 1.94 bits per heavy atom. The van der Waals surface area contributed by atoms with Crippen molar-refractivity contribution >= 4 is 6.09 Å². The fraction of sp³-hybridized carbons (Fsp3) is 0.500. The van der Waals surface area contributed by atoms with Crippen LogP contribution in [0, 0.1) is 5.82 Å². The number of hydrogen-bond acceptors (Lipinski definition) is 2. The molecule has 0 aliphatic carbocycles. The molecule has 0 aliphatic rings. The summed E-state index contributed by atoms with van der Waals surface area (Å²) >= 11 is 0. The molecule has 0 radical (unpaired) electrons. The van der Waals surface area contributed by atoms with Gasteiger partial charge in [-0.25, -0.2) is 9.18 Å². The van der Waals surface area contributed by atoms with Crippen molar-refractivity contribution in [2.24, 2.45) is 0 Å². The summed E-state index contributed by atoms with van der Waals surface area (Å²) in [4.78, 5) is 13.2. The molecule has 0 fully saturated rings. The van der Waals surface area contributed by atoms with Crippen molar-refractivity contribution in [1.29, 1.82) is 0 Å². The molecule has 100 valence electrons. The average molecular weight is 253 g/mol. The van der Waals surface area contributed by atoms with Crippen LogP contribution in [0.4, 0.5) is 9.18 Å². The van der Waals surface area contributed by atoms with Crippen LogP contribution in [0.2, 0.25) is 0 Å². The first-order chi connectivity index (χ1) is 8.49. The number of rotatable bonds is 4. The monoisotopic (exact) mass is 253 g/mol. The maximum absolute atomic E-state index is 13.6. The third kappa shape index (κ3) is 3.45. The quantitative estimate of drug-likeness (QED) is 0.817. The Bertz CT molecular complexity index is 414. The van der Waals surface area contributed by atoms with Crippen molar-refractivity contribution in [3.8, 4) is 5.75 Å². The summed E-state index contributed by atoms with van der Waals surface area (Å²) in [6, 6.07) is 4.62. The molecular formula is C14H20FNO2. The fourth-order valence-electron chi connectivity index (χ4n) is 1.60. The van der Waals surface area contributed by atoms with Gasteiger partial charge in [0, 0.05) is 13.1 Å². The molecule has 0 heterocycles. The lowest BCUT2D eigenvalue weighted by molar-refractivity contribution is 0.155. The number of nitrogens with zero attached hydrogens (tertiary/aromatic N) is 1. The van der Waals surface area contributed by atoms with Gasteiger partial charge in [-0.15, -0.1) is 0 Å². The topological polar surface area (TPSA) is 29.5 Å². The van der Waals surface area contributed by atoms with Crippen molar-refractivity contribution < 1.29 is 13.9 Å². The van der Waals surface area contributed by atoms with Crippen LogP contribution in [0.5, 0.6) is 5.75 Å². The molecule has 0 saturated carbocycles. The van der Waals surface area contributed by atoms with Crippen LogP contribution >= 0.6 is 0 Å². The number of carbonyl (C=O) groups is 1. The SMILES string of the molecule is CCN(CC)C(=O)Oc1cc(C(C)C)ccc1F. The molecule has 1 aromatic carbocycles. The van der Waals surface area contributed by atoms with Crippen molar-refractivity contribution in [1.82, 2.24) is 4.90 Å². The first kappa shape index (κ1) is 14.5. The maximum Gasteiger partial charge on any atom is 0.415 e. The number of halogens is 1. The number of benzene rings is 1. The summed E-state index contributed by atoms with van der Waals surface area (Å²) in [7, 11) is 0. The van der Waals surface area contributed by atoms with Crippen LogP contribution in [0.1, 0.15) is 39.2 Å². The van der Waals surface area contributed by atoms with E-state index in [1.54, 1.807) is 12.1 Å². The second kappa shape index (κ2) is 6.38. The molecule has 0 bridgehead atoms. The Kier molecular flexibility index (Phi) is 5.13. The van der Waals surface area contributed by atoms with Gasteiger partial charge in [-0.1, -0.05) is 19.9 Å². The lowest BCUT2D eigenvalue weighted by atomic mass is 10.0. The molecule has 0 saturated heterocycles. The molecular weight excluding hydrogens is 233 g/mol. The largest absolute Gasteiger partial charge is 0.415 e. The van der Waals surface area contributed by atoms with Gasteiger partial charge in [0.2, 0.25) is 0 Å². The van der Waals surface area contributed by atoms with Gasteiger partial charge in [0.1, 0.15) is 0 Å². The van der Waals surface area contributed by atoms with E-state index in [4.69, 9.17) is 4.74 Å². The van der Waals surface area contributed by atoms with Crippen LogP contribution in [0.15, 0.2) is 18.2 Å². The van der Waals surface area contributed by atoms with E-state index in [1.165, 1.54) is 11.0 Å². The molecule has 0 atom stereocenters. The van der Waals surface area contributed by atoms with E-state index in [-0.39, 0.29) is 11.7 Å². The smallest absolute Gasteiger partial charge is 0.407 e. The predicted octanol–water partition coefficient (Wildman–Crippen LogP) is 3.79. The minimum absolute atomic E-state index is 0.00176. The second-order valence-corrected chi connectivity index (χ2v) is 4.38. The van der Waals surface area contributed by atoms with Gasteiger partial charge < -0.3 is 9.64 Å². The van der Waals surface area contributed by atoms with Crippen molar-refractivity contribution in [3.63, 3.8) is 0 Å². The number of ether oxygens (including phenoxy) is 1. The summed E-state index contributed by atoms with van der Waals surface area (Å²) in [6.45, 7) is 8.80. The molecule has 1 rings (SSSR count). The van der Waals surface area contributed by atoms with Gasteiger partial charge >= 0.3 is 6.09 Å². The summed E-state index contributed by atoms with van der Waals surface area (Å²) in [5.41, 5.74) is 0.943. The van der Waals surface area contributed by atoms with Crippen LogP contribution < -0.4 is 4.74 Å². The number of amides is 1. The third-order valence-electron chi connectivity index (χ3n) is 2.84. The molecule has 3 nitrogen and oxygen atoms in total. The molecule has 0 aromatic heterocycles. The van der Waals surface area contributed by atoms with Crippen LogP contribution in [0.25, 0.3) is 0 Å². The van der Waals surface area contributed by atoms with Crippen LogP contribution in [-0.2, 0) is 0 Å². The third-order valence-corrected chi connectivity index (χ3v) is 2.84. The van der Waals surface area contributed by atoms with Crippen molar-refractivity contribution in [3.05, 3.63) is 29.6 Å². The Morgan fingerprint density at radius 1 is 1.33 bits per heavy atom. The minimum atomic E-state index is -0.514. The van der Waals surface area contributed by atoms with E-state index in [9.17, 15) is 9.18 Å². The van der Waals surface area contributed by atoms with Gasteiger partial charge in [-0.05, 0) is 37.5 Å². The predicted molar refractivity (Wildman–Crippen MR) is 69.4 cm³/mol. The zero-order valence-corrected chi connectivity index (χ0v) is 11.4. The molecule has 18 heavy (non-hydrogen) atoms. The molecule has 1 aromatic rings. The zero-order valence-electron chi connectivity index (χ0n) is 11.4. The Morgan fingerprint density at radius 3 is 2.44 bits per heavy atom. The Hall–Kier alpha value is -1.58. The van der Waals surface area contributed by atoms with Gasteiger partial charge in [-0.2, -0.15) is 0 Å². The van der Waals surface area contributed by atoms with E-state index in [0.717, 1.165) is 5.56 Å². The summed E-state index contributed by atoms with van der Waals surface area (Å²) in [5, 5.41) is 0. The lowest BCUT2D eigenvalue weighted by Gasteiger charge is -2.18. The highest BCUT2D eigenvalue weighted by Gasteiger charge is 2.15. The van der Waals surface area contributed by atoms with Gasteiger partial charge in [-0.3, -0.25) is 0 Å². The Labute approximate surface area is 108 Å². The average Bonchev–Trinajstić information content (AvgIpc) is 2.33. The van der Waals surface area contributed by atoms with E-state index in [2.05, 4.69) is 0 Å². The minimum Gasteiger partial charge on any atom is -0.407 e. The maximum atomic E-state index is 13.6. The number of hydrogen-bond donors (Lipinski definition) is 0. The van der Waals surface area contributed by atoms with Gasteiger partial charge in [0.15, 0.2) is 11.6 Å². The summed E-state index contributed by atoms with van der Waals surface area (Å²) in [5.74, 6) is -0.255. The number of carbonyl (C=O) groups excluding carboxylic acids is 1.